The summed E-state index contributed by atoms with van der Waals surface area (Å²) >= 11 is 0. The van der Waals surface area contributed by atoms with Crippen molar-refractivity contribution in [2.24, 2.45) is 11.7 Å². The van der Waals surface area contributed by atoms with Crippen molar-refractivity contribution >= 4 is 10.0 Å². The molecule has 7 heteroatoms. The summed E-state index contributed by atoms with van der Waals surface area (Å²) in [5, 5.41) is 0. The van der Waals surface area contributed by atoms with Crippen LogP contribution in [0.4, 0.5) is 0 Å². The molecule has 1 saturated heterocycles. The highest BCUT2D eigenvalue weighted by molar-refractivity contribution is 7.89. The number of nitrogens with one attached hydrogen (secondary N) is 1. The highest BCUT2D eigenvalue weighted by atomic mass is 32.2. The molecule has 2 fully saturated rings. The summed E-state index contributed by atoms with van der Waals surface area (Å²) in [6.07, 6.45) is 0.206. The molecule has 0 unspecified atom stereocenters. The zero-order chi connectivity index (χ0) is 12.8. The average Bonchev–Trinajstić information content (AvgIpc) is 2.64. The number of hydrogen-bond acceptors (Lipinski definition) is 5. The van der Waals surface area contributed by atoms with E-state index >= 15 is 0 Å². The van der Waals surface area contributed by atoms with Crippen LogP contribution in [0.5, 0.6) is 0 Å². The minimum atomic E-state index is -3.24. The van der Waals surface area contributed by atoms with Crippen molar-refractivity contribution in [1.29, 1.82) is 0 Å². The second kappa shape index (κ2) is 4.17. The van der Waals surface area contributed by atoms with Crippen LogP contribution in [0.25, 0.3) is 0 Å². The molecular formula is C10H20N2O4S. The molecule has 2 aliphatic rings. The predicted molar refractivity (Wildman–Crippen MR) is 62.8 cm³/mol. The van der Waals surface area contributed by atoms with Crippen LogP contribution in [-0.2, 0) is 19.5 Å². The zero-order valence-electron chi connectivity index (χ0n) is 10.3. The molecule has 17 heavy (non-hydrogen) atoms. The smallest absolute Gasteiger partial charge is 0.211 e. The molecule has 0 radical (unpaired) electrons. The van der Waals surface area contributed by atoms with Gasteiger partial charge in [0.15, 0.2) is 5.79 Å². The number of hydrogen-bond donors (Lipinski definition) is 2. The van der Waals surface area contributed by atoms with Crippen molar-refractivity contribution in [1.82, 2.24) is 4.72 Å². The summed E-state index contributed by atoms with van der Waals surface area (Å²) in [4.78, 5) is 0. The Labute approximate surface area is 102 Å². The first-order valence-electron chi connectivity index (χ1n) is 5.76. The molecule has 1 heterocycles. The molecule has 0 bridgehead atoms. The maximum atomic E-state index is 11.6. The first-order chi connectivity index (χ1) is 7.74. The van der Waals surface area contributed by atoms with Crippen molar-refractivity contribution in [2.75, 3.05) is 12.8 Å². The maximum absolute atomic E-state index is 11.6. The summed E-state index contributed by atoms with van der Waals surface area (Å²) in [6, 6.07) is -0.154. The Hall–Kier alpha value is -0.210. The van der Waals surface area contributed by atoms with E-state index in [4.69, 9.17) is 15.2 Å². The largest absolute Gasteiger partial charge is 0.344 e. The van der Waals surface area contributed by atoms with E-state index in [0.29, 0.717) is 6.42 Å². The lowest BCUT2D eigenvalue weighted by Gasteiger charge is -2.22. The quantitative estimate of drug-likeness (QED) is 0.710. The van der Waals surface area contributed by atoms with E-state index in [1.807, 2.05) is 13.8 Å². The normalized spacial score (nSPS) is 40.5. The van der Waals surface area contributed by atoms with Crippen LogP contribution in [-0.4, -0.2) is 45.3 Å². The van der Waals surface area contributed by atoms with Gasteiger partial charge in [-0.3, -0.25) is 0 Å². The molecule has 2 rings (SSSR count). The van der Waals surface area contributed by atoms with E-state index in [1.54, 1.807) is 0 Å². The SMILES string of the molecule is CNS(=O)(=O)C[C@H]1C[C@@H](N)[C@@H]2OC(C)(C)O[C@H]12. The Kier molecular flexibility index (Phi) is 3.24. The van der Waals surface area contributed by atoms with Crippen molar-refractivity contribution < 1.29 is 17.9 Å². The summed E-state index contributed by atoms with van der Waals surface area (Å²) in [5.41, 5.74) is 5.97. The van der Waals surface area contributed by atoms with Gasteiger partial charge in [0.2, 0.25) is 10.0 Å². The van der Waals surface area contributed by atoms with Crippen molar-refractivity contribution in [3.8, 4) is 0 Å². The number of fused-ring (bicyclic) bond motifs is 1. The van der Waals surface area contributed by atoms with Gasteiger partial charge in [-0.25, -0.2) is 13.1 Å². The van der Waals surface area contributed by atoms with Gasteiger partial charge in [-0.05, 0) is 27.3 Å². The monoisotopic (exact) mass is 264 g/mol. The van der Waals surface area contributed by atoms with Crippen LogP contribution < -0.4 is 10.5 Å². The third kappa shape index (κ3) is 2.63. The van der Waals surface area contributed by atoms with Crippen molar-refractivity contribution in [3.63, 3.8) is 0 Å². The van der Waals surface area contributed by atoms with E-state index in [9.17, 15) is 8.42 Å². The van der Waals surface area contributed by atoms with Crippen LogP contribution in [0, 0.1) is 5.92 Å². The summed E-state index contributed by atoms with van der Waals surface area (Å²) in [6.45, 7) is 3.64. The predicted octanol–water partition coefficient (Wildman–Crippen LogP) is -0.597. The molecule has 0 amide bonds. The number of sulfonamides is 1. The lowest BCUT2D eigenvalue weighted by atomic mass is 10.1. The number of ether oxygens (including phenoxy) is 2. The molecule has 3 N–H and O–H groups in total. The topological polar surface area (TPSA) is 90.7 Å². The first-order valence-corrected chi connectivity index (χ1v) is 7.42. The van der Waals surface area contributed by atoms with Gasteiger partial charge in [0.1, 0.15) is 6.10 Å². The van der Waals surface area contributed by atoms with Crippen LogP contribution in [0.1, 0.15) is 20.3 Å². The van der Waals surface area contributed by atoms with Gasteiger partial charge in [0.25, 0.3) is 0 Å². The fourth-order valence-electron chi connectivity index (χ4n) is 2.66. The van der Waals surface area contributed by atoms with Crippen LogP contribution in [0.2, 0.25) is 0 Å². The molecule has 1 aliphatic heterocycles. The van der Waals surface area contributed by atoms with Gasteiger partial charge in [-0.1, -0.05) is 0 Å². The molecule has 0 spiro atoms. The molecule has 6 nitrogen and oxygen atoms in total. The van der Waals surface area contributed by atoms with Gasteiger partial charge < -0.3 is 15.2 Å². The van der Waals surface area contributed by atoms with Gasteiger partial charge >= 0.3 is 0 Å². The molecule has 0 aromatic rings. The summed E-state index contributed by atoms with van der Waals surface area (Å²) in [5.74, 6) is -0.735. The minimum absolute atomic E-state index is 0.0395. The minimum Gasteiger partial charge on any atom is -0.344 e. The number of rotatable bonds is 3. The second-order valence-electron chi connectivity index (χ2n) is 5.21. The van der Waals surface area contributed by atoms with Crippen LogP contribution in [0.15, 0.2) is 0 Å². The Morgan fingerprint density at radius 2 is 1.94 bits per heavy atom. The third-order valence-corrected chi connectivity index (χ3v) is 4.86. The van der Waals surface area contributed by atoms with E-state index in [0.717, 1.165) is 0 Å². The van der Waals surface area contributed by atoms with Crippen molar-refractivity contribution in [2.45, 2.75) is 44.3 Å². The Balaban J connectivity index is 2.11. The van der Waals surface area contributed by atoms with Gasteiger partial charge in [0, 0.05) is 12.0 Å². The van der Waals surface area contributed by atoms with E-state index in [1.165, 1.54) is 7.05 Å². The van der Waals surface area contributed by atoms with E-state index < -0.39 is 15.8 Å². The highest BCUT2D eigenvalue weighted by Gasteiger charge is 2.53. The number of nitrogens with two attached hydrogens (primary N) is 1. The van der Waals surface area contributed by atoms with E-state index in [2.05, 4.69) is 4.72 Å². The standard InChI is InChI=1S/C10H20N2O4S/c1-10(2)15-8-6(5-17(13,14)12-3)4-7(11)9(8)16-10/h6-9,12H,4-5,11H2,1-3H3/t6-,7-,8-,9+/m1/s1. The second-order valence-corrected chi connectivity index (χ2v) is 7.18. The molecule has 0 aromatic carbocycles. The molecule has 4 atom stereocenters. The molecular weight excluding hydrogens is 244 g/mol. The Morgan fingerprint density at radius 1 is 1.35 bits per heavy atom. The fraction of sp³-hybridized carbons (Fsp3) is 1.00. The van der Waals surface area contributed by atoms with E-state index in [-0.39, 0.29) is 29.9 Å². The lowest BCUT2D eigenvalue weighted by Crippen LogP contribution is -2.35. The first kappa shape index (κ1) is 13.2. The Morgan fingerprint density at radius 3 is 2.53 bits per heavy atom. The van der Waals surface area contributed by atoms with Crippen LogP contribution in [0.3, 0.4) is 0 Å². The Bertz CT molecular complexity index is 395. The maximum Gasteiger partial charge on any atom is 0.211 e. The molecule has 100 valence electrons. The molecule has 0 aromatic heterocycles. The average molecular weight is 264 g/mol. The summed E-state index contributed by atoms with van der Waals surface area (Å²) < 4.78 is 36.9. The summed E-state index contributed by atoms with van der Waals surface area (Å²) in [7, 11) is -1.83. The third-order valence-electron chi connectivity index (χ3n) is 3.37. The van der Waals surface area contributed by atoms with Gasteiger partial charge in [-0.2, -0.15) is 0 Å². The van der Waals surface area contributed by atoms with Crippen molar-refractivity contribution in [3.05, 3.63) is 0 Å². The lowest BCUT2D eigenvalue weighted by molar-refractivity contribution is -0.156. The van der Waals surface area contributed by atoms with Gasteiger partial charge in [0.05, 0.1) is 11.9 Å². The molecule has 1 saturated carbocycles. The zero-order valence-corrected chi connectivity index (χ0v) is 11.2. The fourth-order valence-corrected chi connectivity index (χ4v) is 3.71. The highest BCUT2D eigenvalue weighted by Crippen LogP contribution is 2.41. The van der Waals surface area contributed by atoms with Gasteiger partial charge in [-0.15, -0.1) is 0 Å². The molecule has 1 aliphatic carbocycles. The van der Waals surface area contributed by atoms with Crippen LogP contribution >= 0.6 is 0 Å².